The third-order valence-corrected chi connectivity index (χ3v) is 2.13. The predicted molar refractivity (Wildman–Crippen MR) is 58.9 cm³/mol. The number of carbonyl (C=O) groups excluding carboxylic acids is 1. The summed E-state index contributed by atoms with van der Waals surface area (Å²) in [6.07, 6.45) is 0. The largest absolute Gasteiger partial charge is 0.308 e. The highest BCUT2D eigenvalue weighted by Crippen LogP contribution is 2.13. The maximum Gasteiger partial charge on any atom is 0.240 e. The maximum atomic E-state index is 11.0. The van der Waals surface area contributed by atoms with Crippen LogP contribution in [0, 0.1) is 0 Å². The number of nitrogens with one attached hydrogen (secondary N) is 1. The van der Waals surface area contributed by atoms with Gasteiger partial charge in [0, 0.05) is 5.39 Å². The van der Waals surface area contributed by atoms with Gasteiger partial charge in [0.05, 0.1) is 5.52 Å². The van der Waals surface area contributed by atoms with Gasteiger partial charge in [0.2, 0.25) is 5.91 Å². The molecule has 0 spiro atoms. The lowest BCUT2D eigenvalue weighted by Gasteiger charge is -2.01. The molecule has 0 bridgehead atoms. The van der Waals surface area contributed by atoms with E-state index in [9.17, 15) is 4.79 Å². The molecule has 1 N–H and O–H groups in total. The summed E-state index contributed by atoms with van der Waals surface area (Å²) < 4.78 is 0. The number of rotatable bonds is 2. The monoisotopic (exact) mass is 221 g/mol. The minimum atomic E-state index is -0.291. The number of carbonyl (C=O) groups is 1. The molecule has 15 heavy (non-hydrogen) atoms. The van der Waals surface area contributed by atoms with E-state index >= 15 is 0 Å². The SMILES string of the molecule is O=C(CCl)Nc1cc2ccccc2nn1. The number of nitrogens with zero attached hydrogens (tertiary/aromatic N) is 2. The van der Waals surface area contributed by atoms with E-state index in [-0.39, 0.29) is 11.8 Å². The summed E-state index contributed by atoms with van der Waals surface area (Å²) in [6.45, 7) is 0. The molecule has 1 heterocycles. The number of aromatic nitrogens is 2. The van der Waals surface area contributed by atoms with E-state index in [1.807, 2.05) is 24.3 Å². The first-order valence-electron chi connectivity index (χ1n) is 4.38. The van der Waals surface area contributed by atoms with E-state index in [1.165, 1.54) is 0 Å². The third-order valence-electron chi connectivity index (χ3n) is 1.88. The smallest absolute Gasteiger partial charge is 0.240 e. The summed E-state index contributed by atoms with van der Waals surface area (Å²) in [5.74, 6) is 0.0368. The van der Waals surface area contributed by atoms with Crippen molar-refractivity contribution in [2.75, 3.05) is 11.2 Å². The third kappa shape index (κ3) is 2.22. The lowest BCUT2D eigenvalue weighted by atomic mass is 10.2. The molecule has 0 aliphatic carbocycles. The first-order chi connectivity index (χ1) is 7.29. The molecular formula is C10H8ClN3O. The number of hydrogen-bond acceptors (Lipinski definition) is 3. The van der Waals surface area contributed by atoms with Gasteiger partial charge in [-0.05, 0) is 12.1 Å². The van der Waals surface area contributed by atoms with Gasteiger partial charge >= 0.3 is 0 Å². The van der Waals surface area contributed by atoms with Gasteiger partial charge in [0.15, 0.2) is 5.82 Å². The Morgan fingerprint density at radius 3 is 2.93 bits per heavy atom. The number of fused-ring (bicyclic) bond motifs is 1. The standard InChI is InChI=1S/C10H8ClN3O/c11-6-10(15)12-9-5-7-3-1-2-4-8(7)13-14-9/h1-5H,6H2,(H,12,14,15). The van der Waals surface area contributed by atoms with Crippen LogP contribution in [0.1, 0.15) is 0 Å². The van der Waals surface area contributed by atoms with Crippen molar-refractivity contribution < 1.29 is 4.79 Å². The van der Waals surface area contributed by atoms with Crippen LogP contribution in [0.5, 0.6) is 0 Å². The van der Waals surface area contributed by atoms with Crippen molar-refractivity contribution in [2.24, 2.45) is 0 Å². The van der Waals surface area contributed by atoms with Crippen molar-refractivity contribution >= 4 is 34.2 Å². The average molecular weight is 222 g/mol. The fourth-order valence-corrected chi connectivity index (χ4v) is 1.29. The normalized spacial score (nSPS) is 10.2. The number of halogens is 1. The Morgan fingerprint density at radius 2 is 2.13 bits per heavy atom. The number of alkyl halides is 1. The van der Waals surface area contributed by atoms with Gasteiger partial charge in [-0.1, -0.05) is 18.2 Å². The van der Waals surface area contributed by atoms with E-state index in [4.69, 9.17) is 11.6 Å². The van der Waals surface area contributed by atoms with Crippen molar-refractivity contribution in [3.05, 3.63) is 30.3 Å². The molecule has 1 amide bonds. The predicted octanol–water partition coefficient (Wildman–Crippen LogP) is 1.81. The lowest BCUT2D eigenvalue weighted by Crippen LogP contribution is -2.13. The quantitative estimate of drug-likeness (QED) is 0.787. The van der Waals surface area contributed by atoms with Crippen molar-refractivity contribution in [3.8, 4) is 0 Å². The number of amides is 1. The summed E-state index contributed by atoms with van der Waals surface area (Å²) in [6, 6.07) is 9.30. The van der Waals surface area contributed by atoms with E-state index in [1.54, 1.807) is 6.07 Å². The van der Waals surface area contributed by atoms with Gasteiger partial charge in [-0.15, -0.1) is 21.8 Å². The molecule has 0 saturated heterocycles. The molecule has 1 aromatic carbocycles. The van der Waals surface area contributed by atoms with Gasteiger partial charge in [-0.25, -0.2) is 0 Å². The zero-order chi connectivity index (χ0) is 10.7. The van der Waals surface area contributed by atoms with Gasteiger partial charge in [-0.3, -0.25) is 4.79 Å². The lowest BCUT2D eigenvalue weighted by molar-refractivity contribution is -0.113. The van der Waals surface area contributed by atoms with Gasteiger partial charge < -0.3 is 5.32 Å². The van der Waals surface area contributed by atoms with E-state index in [0.717, 1.165) is 10.9 Å². The fraction of sp³-hybridized carbons (Fsp3) is 0.100. The molecule has 1 aromatic heterocycles. The Hall–Kier alpha value is -1.68. The summed E-state index contributed by atoms with van der Waals surface area (Å²) >= 11 is 5.36. The first-order valence-corrected chi connectivity index (χ1v) is 4.91. The Bertz CT molecular complexity index is 501. The Balaban J connectivity index is 2.34. The van der Waals surface area contributed by atoms with Gasteiger partial charge in [0.25, 0.3) is 0 Å². The summed E-state index contributed by atoms with van der Waals surface area (Å²) in [5.41, 5.74) is 0.793. The van der Waals surface area contributed by atoms with Crippen LogP contribution in [0.2, 0.25) is 0 Å². The number of anilines is 1. The minimum absolute atomic E-state index is 0.0888. The number of hydrogen-bond donors (Lipinski definition) is 1. The van der Waals surface area contributed by atoms with E-state index in [2.05, 4.69) is 15.5 Å². The minimum Gasteiger partial charge on any atom is -0.308 e. The van der Waals surface area contributed by atoms with Crippen LogP contribution >= 0.6 is 11.6 Å². The Morgan fingerprint density at radius 1 is 1.33 bits per heavy atom. The van der Waals surface area contributed by atoms with Crippen molar-refractivity contribution in [2.45, 2.75) is 0 Å². The molecular weight excluding hydrogens is 214 g/mol. The second kappa shape index (κ2) is 4.23. The molecule has 2 aromatic rings. The van der Waals surface area contributed by atoms with Crippen molar-refractivity contribution in [3.63, 3.8) is 0 Å². The highest BCUT2D eigenvalue weighted by atomic mass is 35.5. The van der Waals surface area contributed by atoms with Crippen LogP contribution in [-0.2, 0) is 4.79 Å². The van der Waals surface area contributed by atoms with Crippen LogP contribution in [0.3, 0.4) is 0 Å². The molecule has 76 valence electrons. The van der Waals surface area contributed by atoms with Gasteiger partial charge in [0.1, 0.15) is 5.88 Å². The van der Waals surface area contributed by atoms with Crippen LogP contribution in [0.15, 0.2) is 30.3 Å². The Labute approximate surface area is 91.3 Å². The summed E-state index contributed by atoms with van der Waals surface area (Å²) in [4.78, 5) is 11.0. The summed E-state index contributed by atoms with van der Waals surface area (Å²) in [5, 5.41) is 11.3. The molecule has 0 radical (unpaired) electrons. The highest BCUT2D eigenvalue weighted by molar-refractivity contribution is 6.29. The van der Waals surface area contributed by atoms with Crippen molar-refractivity contribution in [1.29, 1.82) is 0 Å². The fourth-order valence-electron chi connectivity index (χ4n) is 1.22. The average Bonchev–Trinajstić information content (AvgIpc) is 2.29. The van der Waals surface area contributed by atoms with Gasteiger partial charge in [-0.2, -0.15) is 0 Å². The van der Waals surface area contributed by atoms with Crippen LogP contribution in [0.4, 0.5) is 5.82 Å². The van der Waals surface area contributed by atoms with Crippen LogP contribution in [-0.4, -0.2) is 22.0 Å². The van der Waals surface area contributed by atoms with Crippen molar-refractivity contribution in [1.82, 2.24) is 10.2 Å². The molecule has 0 unspecified atom stereocenters. The van der Waals surface area contributed by atoms with Crippen LogP contribution < -0.4 is 5.32 Å². The molecule has 0 aliphatic heterocycles. The maximum absolute atomic E-state index is 11.0. The number of benzene rings is 1. The molecule has 0 aliphatic rings. The molecule has 4 nitrogen and oxygen atoms in total. The zero-order valence-electron chi connectivity index (χ0n) is 7.77. The second-order valence-electron chi connectivity index (χ2n) is 2.97. The second-order valence-corrected chi connectivity index (χ2v) is 3.24. The first kappa shape index (κ1) is 9.86. The van der Waals surface area contributed by atoms with E-state index < -0.39 is 0 Å². The summed E-state index contributed by atoms with van der Waals surface area (Å²) in [7, 11) is 0. The van der Waals surface area contributed by atoms with Crippen LogP contribution in [0.25, 0.3) is 10.9 Å². The molecule has 0 atom stereocenters. The zero-order valence-corrected chi connectivity index (χ0v) is 8.53. The topological polar surface area (TPSA) is 54.9 Å². The molecule has 0 saturated carbocycles. The molecule has 2 rings (SSSR count). The van der Waals surface area contributed by atoms with E-state index in [0.29, 0.717) is 5.82 Å². The molecule has 5 heteroatoms. The highest BCUT2D eigenvalue weighted by Gasteiger charge is 2.02. The Kier molecular flexibility index (Phi) is 2.78. The molecule has 0 fully saturated rings.